The molecule has 1 amide bonds. The van der Waals surface area contributed by atoms with Crippen LogP contribution in [0.4, 0.5) is 5.69 Å². The molecule has 1 fully saturated rings. The number of hydrogen-bond acceptors (Lipinski definition) is 6. The van der Waals surface area contributed by atoms with Crippen LogP contribution in [0, 0.1) is 10.1 Å². The van der Waals surface area contributed by atoms with Gasteiger partial charge in [0.15, 0.2) is 5.82 Å². The maximum atomic E-state index is 11.9. The smallest absolute Gasteiger partial charge is 0.269 e. The molecule has 0 aliphatic heterocycles. The second-order valence-electron chi connectivity index (χ2n) is 5.88. The van der Waals surface area contributed by atoms with E-state index in [9.17, 15) is 14.9 Å². The quantitative estimate of drug-likeness (QED) is 0.488. The predicted octanol–water partition coefficient (Wildman–Crippen LogP) is 2.03. The topological polar surface area (TPSA) is 116 Å². The zero-order valence-electron chi connectivity index (χ0n) is 13.5. The fraction of sp³-hybridized carbons (Fsp3) is 0.375. The SMILES string of the molecule is O=C(/C=C\c1ccc([N+](=O)[O-])cc1)NCc1nnnn1C1CCCC1. The summed E-state index contributed by atoms with van der Waals surface area (Å²) in [6.07, 6.45) is 7.45. The fourth-order valence-corrected chi connectivity index (χ4v) is 2.87. The summed E-state index contributed by atoms with van der Waals surface area (Å²) >= 11 is 0. The van der Waals surface area contributed by atoms with E-state index in [0.717, 1.165) is 12.8 Å². The van der Waals surface area contributed by atoms with Crippen LogP contribution in [-0.4, -0.2) is 31.0 Å². The average molecular weight is 342 g/mol. The number of carbonyl (C=O) groups is 1. The molecule has 0 saturated heterocycles. The van der Waals surface area contributed by atoms with Gasteiger partial charge in [0.1, 0.15) is 0 Å². The summed E-state index contributed by atoms with van der Waals surface area (Å²) in [4.78, 5) is 22.1. The van der Waals surface area contributed by atoms with Gasteiger partial charge in [0.05, 0.1) is 17.5 Å². The largest absolute Gasteiger partial charge is 0.345 e. The fourth-order valence-electron chi connectivity index (χ4n) is 2.87. The number of nitrogens with zero attached hydrogens (tertiary/aromatic N) is 5. The number of nitro benzene ring substituents is 1. The second-order valence-corrected chi connectivity index (χ2v) is 5.88. The van der Waals surface area contributed by atoms with E-state index >= 15 is 0 Å². The van der Waals surface area contributed by atoms with E-state index in [1.807, 2.05) is 0 Å². The highest BCUT2D eigenvalue weighted by Crippen LogP contribution is 2.28. The number of nitrogens with one attached hydrogen (secondary N) is 1. The lowest BCUT2D eigenvalue weighted by atomic mass is 10.2. The number of rotatable bonds is 6. The van der Waals surface area contributed by atoms with E-state index in [1.54, 1.807) is 22.9 Å². The molecule has 2 aromatic rings. The molecular weight excluding hydrogens is 324 g/mol. The minimum absolute atomic E-state index is 0.0142. The van der Waals surface area contributed by atoms with Crippen LogP contribution in [0.5, 0.6) is 0 Å². The van der Waals surface area contributed by atoms with Gasteiger partial charge in [-0.15, -0.1) is 5.10 Å². The zero-order valence-corrected chi connectivity index (χ0v) is 13.5. The van der Waals surface area contributed by atoms with Crippen molar-refractivity contribution in [2.75, 3.05) is 0 Å². The van der Waals surface area contributed by atoms with Gasteiger partial charge in [-0.2, -0.15) is 0 Å². The molecule has 1 aromatic heterocycles. The molecule has 25 heavy (non-hydrogen) atoms. The Morgan fingerprint density at radius 1 is 1.32 bits per heavy atom. The number of nitro groups is 1. The molecule has 9 heteroatoms. The van der Waals surface area contributed by atoms with E-state index < -0.39 is 4.92 Å². The van der Waals surface area contributed by atoms with Crippen LogP contribution in [0.3, 0.4) is 0 Å². The van der Waals surface area contributed by atoms with Gasteiger partial charge in [0.25, 0.3) is 5.69 Å². The molecule has 1 aliphatic carbocycles. The van der Waals surface area contributed by atoms with Gasteiger partial charge in [0, 0.05) is 18.2 Å². The molecule has 130 valence electrons. The van der Waals surface area contributed by atoms with Crippen molar-refractivity contribution in [3.8, 4) is 0 Å². The lowest BCUT2D eigenvalue weighted by Gasteiger charge is -2.11. The summed E-state index contributed by atoms with van der Waals surface area (Å²) in [6.45, 7) is 0.257. The third-order valence-electron chi connectivity index (χ3n) is 4.18. The summed E-state index contributed by atoms with van der Waals surface area (Å²) in [5.41, 5.74) is 0.719. The first-order valence-electron chi connectivity index (χ1n) is 8.10. The Labute approximate surface area is 143 Å². The second kappa shape index (κ2) is 7.65. The maximum Gasteiger partial charge on any atom is 0.269 e. The van der Waals surface area contributed by atoms with Gasteiger partial charge in [-0.1, -0.05) is 12.8 Å². The van der Waals surface area contributed by atoms with Crippen molar-refractivity contribution in [1.82, 2.24) is 25.5 Å². The minimum Gasteiger partial charge on any atom is -0.345 e. The maximum absolute atomic E-state index is 11.9. The molecule has 1 saturated carbocycles. The molecule has 1 N–H and O–H groups in total. The number of carbonyl (C=O) groups excluding carboxylic acids is 1. The Balaban J connectivity index is 1.54. The number of aromatic nitrogens is 4. The molecule has 1 aliphatic rings. The van der Waals surface area contributed by atoms with Crippen molar-refractivity contribution in [3.05, 3.63) is 51.8 Å². The Hall–Kier alpha value is -3.10. The van der Waals surface area contributed by atoms with Crippen molar-refractivity contribution in [2.45, 2.75) is 38.3 Å². The first-order chi connectivity index (χ1) is 12.1. The van der Waals surface area contributed by atoms with Crippen molar-refractivity contribution < 1.29 is 9.72 Å². The van der Waals surface area contributed by atoms with Crippen molar-refractivity contribution in [1.29, 1.82) is 0 Å². The van der Waals surface area contributed by atoms with E-state index in [2.05, 4.69) is 20.8 Å². The van der Waals surface area contributed by atoms with Crippen molar-refractivity contribution >= 4 is 17.7 Å². The van der Waals surface area contributed by atoms with Crippen LogP contribution in [0.25, 0.3) is 6.08 Å². The molecule has 0 atom stereocenters. The third kappa shape index (κ3) is 4.25. The highest BCUT2D eigenvalue weighted by Gasteiger charge is 2.21. The number of amides is 1. The molecule has 0 spiro atoms. The van der Waals surface area contributed by atoms with Crippen LogP contribution < -0.4 is 5.32 Å². The lowest BCUT2D eigenvalue weighted by Crippen LogP contribution is -2.24. The highest BCUT2D eigenvalue weighted by atomic mass is 16.6. The van der Waals surface area contributed by atoms with Gasteiger partial charge in [-0.3, -0.25) is 14.9 Å². The van der Waals surface area contributed by atoms with E-state index in [4.69, 9.17) is 0 Å². The summed E-state index contributed by atoms with van der Waals surface area (Å²) in [5, 5.41) is 25.1. The average Bonchev–Trinajstić information content (AvgIpc) is 3.29. The van der Waals surface area contributed by atoms with Crippen LogP contribution in [-0.2, 0) is 11.3 Å². The molecule has 1 heterocycles. The Kier molecular flexibility index (Phi) is 5.12. The number of non-ortho nitro benzene ring substituents is 1. The molecule has 1 aromatic carbocycles. The van der Waals surface area contributed by atoms with Crippen molar-refractivity contribution in [2.24, 2.45) is 0 Å². The van der Waals surface area contributed by atoms with Gasteiger partial charge >= 0.3 is 0 Å². The summed E-state index contributed by atoms with van der Waals surface area (Å²) < 4.78 is 1.80. The Morgan fingerprint density at radius 3 is 2.72 bits per heavy atom. The number of benzene rings is 1. The molecule has 0 radical (unpaired) electrons. The summed E-state index contributed by atoms with van der Waals surface area (Å²) in [7, 11) is 0. The number of tetrazole rings is 1. The lowest BCUT2D eigenvalue weighted by molar-refractivity contribution is -0.384. The van der Waals surface area contributed by atoms with Gasteiger partial charge in [-0.05, 0) is 47.0 Å². The van der Waals surface area contributed by atoms with Gasteiger partial charge < -0.3 is 5.32 Å². The zero-order chi connectivity index (χ0) is 17.6. The van der Waals surface area contributed by atoms with Crippen molar-refractivity contribution in [3.63, 3.8) is 0 Å². The third-order valence-corrected chi connectivity index (χ3v) is 4.18. The van der Waals surface area contributed by atoms with Crippen LogP contribution >= 0.6 is 0 Å². The minimum atomic E-state index is -0.464. The molecule has 0 bridgehead atoms. The van der Waals surface area contributed by atoms with E-state index in [1.165, 1.54) is 31.1 Å². The monoisotopic (exact) mass is 342 g/mol. The van der Waals surface area contributed by atoms with Crippen LogP contribution in [0.15, 0.2) is 30.3 Å². The van der Waals surface area contributed by atoms with Gasteiger partial charge in [0.2, 0.25) is 5.91 Å². The van der Waals surface area contributed by atoms with E-state index in [0.29, 0.717) is 17.4 Å². The molecular formula is C16H18N6O3. The summed E-state index contributed by atoms with van der Waals surface area (Å²) in [6, 6.07) is 6.28. The first kappa shape index (κ1) is 16.7. The number of hydrogen-bond donors (Lipinski definition) is 1. The summed E-state index contributed by atoms with van der Waals surface area (Å²) in [5.74, 6) is 0.364. The highest BCUT2D eigenvalue weighted by molar-refractivity contribution is 5.91. The molecule has 9 nitrogen and oxygen atoms in total. The molecule has 3 rings (SSSR count). The molecule has 0 unspecified atom stereocenters. The normalized spacial score (nSPS) is 14.9. The standard InChI is InChI=1S/C16H18N6O3/c23-16(10-7-12-5-8-14(9-6-12)22(24)25)17-11-15-18-19-20-21(15)13-3-1-2-4-13/h5-10,13H,1-4,11H2,(H,17,23)/b10-7-. The van der Waals surface area contributed by atoms with Crippen LogP contribution in [0.2, 0.25) is 0 Å². The predicted molar refractivity (Wildman–Crippen MR) is 89.3 cm³/mol. The Morgan fingerprint density at radius 2 is 2.04 bits per heavy atom. The van der Waals surface area contributed by atoms with Gasteiger partial charge in [-0.25, -0.2) is 4.68 Å². The first-order valence-corrected chi connectivity index (χ1v) is 8.10. The Bertz CT molecular complexity index is 777. The van der Waals surface area contributed by atoms with Crippen LogP contribution in [0.1, 0.15) is 43.1 Å². The van der Waals surface area contributed by atoms with E-state index in [-0.39, 0.29) is 18.1 Å².